The number of piperidine rings is 4. The highest BCUT2D eigenvalue weighted by Crippen LogP contribution is 2.34. The molecule has 12 heterocycles. The zero-order valence-corrected chi connectivity index (χ0v) is 59.0. The lowest BCUT2D eigenvalue weighted by Gasteiger charge is -2.38. The van der Waals surface area contributed by atoms with Crippen LogP contribution in [0.2, 0.25) is 0 Å². The average Bonchev–Trinajstić information content (AvgIpc) is 0.801. The Balaban J connectivity index is 0.000000173. The van der Waals surface area contributed by atoms with Crippen LogP contribution in [-0.4, -0.2) is 146 Å². The number of nitrogens with one attached hydrogen (secondary N) is 2. The van der Waals surface area contributed by atoms with Crippen LogP contribution in [0.5, 0.6) is 0 Å². The zero-order chi connectivity index (χ0) is 70.6. The number of hydrogen-bond donors (Lipinski definition) is 5. The van der Waals surface area contributed by atoms with Gasteiger partial charge in [0.05, 0.1) is 35.7 Å². The number of hydrogen-bond acceptors (Lipinski definition) is 23. The van der Waals surface area contributed by atoms with Gasteiger partial charge in [0.15, 0.2) is 22.8 Å². The van der Waals surface area contributed by atoms with E-state index >= 15 is 0 Å². The van der Waals surface area contributed by atoms with Crippen LogP contribution in [0.25, 0.3) is 43.6 Å². The molecular formula is C72H90BrN19O5. The minimum absolute atomic E-state index is 0.0223. The van der Waals surface area contributed by atoms with Gasteiger partial charge in [-0.05, 0) is 174 Å². The summed E-state index contributed by atoms with van der Waals surface area (Å²) < 4.78 is 11.6. The van der Waals surface area contributed by atoms with Crippen molar-refractivity contribution in [3.05, 3.63) is 125 Å². The van der Waals surface area contributed by atoms with E-state index in [0.29, 0.717) is 87.4 Å². The molecule has 1 amide bonds. The molecule has 24 nitrogen and oxygen atoms in total. The van der Waals surface area contributed by atoms with Crippen LogP contribution in [0.3, 0.4) is 0 Å². The van der Waals surface area contributed by atoms with Crippen molar-refractivity contribution >= 4 is 88.7 Å². The number of pyridine rings is 8. The van der Waals surface area contributed by atoms with Crippen molar-refractivity contribution in [1.82, 2.24) is 50.5 Å². The standard InChI is InChI=1S/C20H25N5O2.2C15H17N5.C12H23NO2.C9H4BrN3.CH4O/c1-13-8-14(24-19(26)27-20(2,3)4)12-25(11-13)17-10-23-16(9-21)18-15(17)6-5-7-22-18;2*1-10-5-11(17)9-20(8-10)14-7-19-13(6-16)15-12(14)3-2-4-18-15;1-9-5-10(8-13-7-9)6-11(14)15-12(2,3)4;10-7-5-13-8(4-11)9-6(7)2-1-3-12-9;1-2/h5-7,10,13-14H,8,11-12H2,1-4H3,(H,24,26);2*2-4,7,10-11H,5,8-9,17H2,1H3;9-10,13H,5-8H2,1-4H3;1-3,5H;2H,1H3/t13-,14+;2*10-,11+;9-,10-;;/m0000../s1. The number of halogens is 1. The monoisotopic (exact) mass is 1380 g/mol. The number of aromatic nitrogens is 8. The first-order valence-corrected chi connectivity index (χ1v) is 33.5. The third-order valence-corrected chi connectivity index (χ3v) is 16.8. The van der Waals surface area contributed by atoms with E-state index in [1.54, 1.807) is 49.6 Å². The molecule has 7 N–H and O–H groups in total. The molecular weight excluding hydrogens is 1290 g/mol. The molecule has 0 aliphatic carbocycles. The van der Waals surface area contributed by atoms with Gasteiger partial charge in [-0.3, -0.25) is 24.7 Å². The van der Waals surface area contributed by atoms with Gasteiger partial charge in [-0.1, -0.05) is 27.7 Å². The molecule has 0 radical (unpaired) electrons. The normalized spacial score (nSPS) is 20.6. The van der Waals surface area contributed by atoms with Crippen molar-refractivity contribution in [3.63, 3.8) is 0 Å². The van der Waals surface area contributed by atoms with E-state index < -0.39 is 11.7 Å². The fourth-order valence-corrected chi connectivity index (χ4v) is 13.1. The van der Waals surface area contributed by atoms with E-state index in [2.05, 4.69) is 127 Å². The molecule has 0 aromatic carbocycles. The van der Waals surface area contributed by atoms with Crippen LogP contribution in [0.4, 0.5) is 21.9 Å². The summed E-state index contributed by atoms with van der Waals surface area (Å²) in [5.41, 5.74) is 18.3. The molecule has 0 bridgehead atoms. The summed E-state index contributed by atoms with van der Waals surface area (Å²) in [5.74, 6) is 2.56. The van der Waals surface area contributed by atoms with E-state index in [4.69, 9.17) is 41.8 Å². The number of aliphatic hydroxyl groups is 1. The predicted octanol–water partition coefficient (Wildman–Crippen LogP) is 10.4. The van der Waals surface area contributed by atoms with Gasteiger partial charge in [0.2, 0.25) is 0 Å². The quantitative estimate of drug-likeness (QED) is 0.0966. The Hall–Kier alpha value is -9.34. The van der Waals surface area contributed by atoms with E-state index in [1.165, 1.54) is 0 Å². The molecule has 97 heavy (non-hydrogen) atoms. The number of ether oxygens (including phenoxy) is 2. The molecule has 510 valence electrons. The van der Waals surface area contributed by atoms with Gasteiger partial charge in [0.1, 0.15) is 57.5 Å². The second-order valence-corrected chi connectivity index (χ2v) is 28.1. The number of nitrogens with two attached hydrogens (primary N) is 2. The van der Waals surface area contributed by atoms with E-state index in [9.17, 15) is 14.9 Å². The number of nitriles is 4. The molecule has 4 aliphatic heterocycles. The topological polar surface area (TPSA) is 357 Å². The summed E-state index contributed by atoms with van der Waals surface area (Å²) in [5, 5.41) is 53.4. The number of rotatable bonds is 6. The number of anilines is 3. The van der Waals surface area contributed by atoms with Crippen molar-refractivity contribution in [3.8, 4) is 24.3 Å². The van der Waals surface area contributed by atoms with Crippen molar-refractivity contribution in [2.75, 3.05) is 74.2 Å². The Morgan fingerprint density at radius 1 is 0.536 bits per heavy atom. The zero-order valence-electron chi connectivity index (χ0n) is 57.4. The highest BCUT2D eigenvalue weighted by molar-refractivity contribution is 9.10. The SMILES string of the molecule is CO.C[C@@H]1CNC[C@H](CC(=O)OC(C)(C)C)C1.C[C@H]1C[C@@H](N)CN(c2cnc(C#N)c3ncccc23)C1.C[C@H]1C[C@@H](N)CN(c2cnc(C#N)c3ncccc23)C1.C[C@H]1C[C@@H](NC(=O)OC(C)(C)C)CN(c2cnc(C#N)c3ncccc23)C1.N#Cc1ncc(Br)c2cccnc12. The number of amides is 1. The van der Waals surface area contributed by atoms with Gasteiger partial charge in [-0.25, -0.2) is 24.7 Å². The van der Waals surface area contributed by atoms with Gasteiger partial charge < -0.3 is 51.4 Å². The average molecular weight is 1380 g/mol. The van der Waals surface area contributed by atoms with Gasteiger partial charge >= 0.3 is 12.1 Å². The van der Waals surface area contributed by atoms with Crippen molar-refractivity contribution in [1.29, 1.82) is 21.0 Å². The second-order valence-electron chi connectivity index (χ2n) is 27.2. The first-order valence-electron chi connectivity index (χ1n) is 32.7. The Morgan fingerprint density at radius 3 is 1.29 bits per heavy atom. The lowest BCUT2D eigenvalue weighted by molar-refractivity contribution is -0.156. The van der Waals surface area contributed by atoms with Gasteiger partial charge in [-0.15, -0.1) is 0 Å². The molecule has 4 saturated heterocycles. The maximum atomic E-state index is 12.2. The number of nitrogens with zero attached hydrogens (tertiary/aromatic N) is 15. The van der Waals surface area contributed by atoms with Crippen LogP contribution in [0.1, 0.15) is 124 Å². The second kappa shape index (κ2) is 35.1. The molecule has 4 aliphatic rings. The lowest BCUT2D eigenvalue weighted by atomic mass is 9.89. The summed E-state index contributed by atoms with van der Waals surface area (Å²) in [4.78, 5) is 64.2. The van der Waals surface area contributed by atoms with Crippen LogP contribution >= 0.6 is 15.9 Å². The van der Waals surface area contributed by atoms with E-state index in [1.807, 2.05) is 96.1 Å². The molecule has 25 heteroatoms. The maximum Gasteiger partial charge on any atom is 0.407 e. The lowest BCUT2D eigenvalue weighted by Crippen LogP contribution is -2.51. The largest absolute Gasteiger partial charge is 0.460 e. The number of esters is 1. The summed E-state index contributed by atoms with van der Waals surface area (Å²) >= 11 is 3.35. The number of carbonyl (C=O) groups excluding carboxylic acids is 2. The number of alkyl carbamates (subject to hydrolysis) is 1. The summed E-state index contributed by atoms with van der Waals surface area (Å²) in [6.45, 7) is 27.2. The molecule has 8 aromatic rings. The minimum Gasteiger partial charge on any atom is -0.460 e. The molecule has 8 aromatic heterocycles. The molecule has 12 rings (SSSR count). The Bertz CT molecular complexity index is 4020. The van der Waals surface area contributed by atoms with Crippen LogP contribution < -0.4 is 36.8 Å². The van der Waals surface area contributed by atoms with Crippen LogP contribution in [-0.2, 0) is 14.3 Å². The Morgan fingerprint density at radius 2 is 0.907 bits per heavy atom. The fraction of sp³-hybridized carbons (Fsp3) is 0.472. The molecule has 0 unspecified atom stereocenters. The maximum absolute atomic E-state index is 12.2. The number of aliphatic hydroxyl groups excluding tert-OH is 1. The van der Waals surface area contributed by atoms with Gasteiger partial charge in [-0.2, -0.15) is 21.0 Å². The van der Waals surface area contributed by atoms with E-state index in [-0.39, 0.29) is 29.7 Å². The minimum atomic E-state index is -0.525. The highest BCUT2D eigenvalue weighted by Gasteiger charge is 2.31. The third-order valence-electron chi connectivity index (χ3n) is 16.2. The summed E-state index contributed by atoms with van der Waals surface area (Å²) in [6.07, 6.45) is 17.9. The smallest absolute Gasteiger partial charge is 0.407 e. The number of carbonyl (C=O) groups is 2. The van der Waals surface area contributed by atoms with Crippen molar-refractivity contribution < 1.29 is 24.2 Å². The fourth-order valence-electron chi connectivity index (χ4n) is 12.7. The van der Waals surface area contributed by atoms with Crippen molar-refractivity contribution in [2.24, 2.45) is 41.1 Å². The first-order chi connectivity index (χ1) is 46.3. The highest BCUT2D eigenvalue weighted by atomic mass is 79.9. The van der Waals surface area contributed by atoms with Gasteiger partial charge in [0.25, 0.3) is 0 Å². The number of fused-ring (bicyclic) bond motifs is 4. The Labute approximate surface area is 577 Å². The van der Waals surface area contributed by atoms with Gasteiger partial charge in [0, 0.05) is 128 Å². The summed E-state index contributed by atoms with van der Waals surface area (Å²) in [7, 11) is 1.00. The van der Waals surface area contributed by atoms with E-state index in [0.717, 1.165) is 122 Å². The van der Waals surface area contributed by atoms with Crippen LogP contribution in [0.15, 0.2) is 103 Å². The van der Waals surface area contributed by atoms with Crippen molar-refractivity contribution in [2.45, 2.75) is 131 Å². The molecule has 0 saturated carbocycles. The molecule has 0 spiro atoms. The molecule has 8 atom stereocenters. The first kappa shape index (κ1) is 75.0. The summed E-state index contributed by atoms with van der Waals surface area (Å²) in [6, 6.07) is 23.9. The van der Waals surface area contributed by atoms with Crippen LogP contribution in [0, 0.1) is 74.9 Å². The predicted molar refractivity (Wildman–Crippen MR) is 381 cm³/mol. The molecule has 4 fully saturated rings. The third kappa shape index (κ3) is 21.3. The Kier molecular flexibility index (Phi) is 27.1.